The summed E-state index contributed by atoms with van der Waals surface area (Å²) in [6, 6.07) is 6.02. The van der Waals surface area contributed by atoms with Gasteiger partial charge in [0.2, 0.25) is 0 Å². The van der Waals surface area contributed by atoms with Crippen LogP contribution in [0.2, 0.25) is 0 Å². The van der Waals surface area contributed by atoms with Gasteiger partial charge in [-0.25, -0.2) is 9.18 Å². The second-order valence-electron chi connectivity index (χ2n) is 7.20. The van der Waals surface area contributed by atoms with E-state index in [-0.39, 0.29) is 24.4 Å². The Hall–Kier alpha value is -1.62. The van der Waals surface area contributed by atoms with Gasteiger partial charge in [0.15, 0.2) is 0 Å². The Morgan fingerprint density at radius 3 is 2.65 bits per heavy atom. The number of amides is 2. The van der Waals surface area contributed by atoms with Crippen molar-refractivity contribution in [3.8, 4) is 0 Å². The van der Waals surface area contributed by atoms with Crippen molar-refractivity contribution in [3.63, 3.8) is 0 Å². The highest BCUT2D eigenvalue weighted by molar-refractivity contribution is 5.74. The molecule has 23 heavy (non-hydrogen) atoms. The van der Waals surface area contributed by atoms with Crippen LogP contribution < -0.4 is 5.32 Å². The van der Waals surface area contributed by atoms with Crippen LogP contribution in [0, 0.1) is 11.7 Å². The zero-order valence-corrected chi connectivity index (χ0v) is 14.2. The van der Waals surface area contributed by atoms with Crippen molar-refractivity contribution in [2.45, 2.75) is 51.2 Å². The smallest absolute Gasteiger partial charge is 0.317 e. The first-order valence-electron chi connectivity index (χ1n) is 8.26. The number of hydrogen-bond acceptors (Lipinski definition) is 2. The van der Waals surface area contributed by atoms with E-state index in [1.807, 2.05) is 6.07 Å². The molecule has 0 heterocycles. The first kappa shape index (κ1) is 17.7. The number of halogens is 1. The number of carbonyl (C=O) groups excluding carboxylic acids is 1. The summed E-state index contributed by atoms with van der Waals surface area (Å²) in [7, 11) is 1.66. The Morgan fingerprint density at radius 2 is 2.09 bits per heavy atom. The molecule has 0 saturated heterocycles. The van der Waals surface area contributed by atoms with E-state index in [2.05, 4.69) is 5.32 Å². The lowest BCUT2D eigenvalue weighted by Crippen LogP contribution is -2.46. The predicted molar refractivity (Wildman–Crippen MR) is 88.6 cm³/mol. The number of rotatable bonds is 5. The van der Waals surface area contributed by atoms with Crippen LogP contribution in [0.25, 0.3) is 0 Å². The molecular weight excluding hydrogens is 295 g/mol. The maximum Gasteiger partial charge on any atom is 0.317 e. The Kier molecular flexibility index (Phi) is 5.63. The molecule has 1 atom stereocenters. The van der Waals surface area contributed by atoms with Gasteiger partial charge in [-0.3, -0.25) is 0 Å². The van der Waals surface area contributed by atoms with Gasteiger partial charge in [-0.15, -0.1) is 0 Å². The minimum absolute atomic E-state index is 0.190. The molecule has 0 spiro atoms. The standard InChI is InChI=1S/C18H27FN2O2/c1-18(2,23)12-21(3)17(22)20-16(13-7-4-5-8-13)14-9-6-10-15(19)11-14/h6,9-11,13,16,23H,4-5,7-8,12H2,1-3H3,(H,20,22). The van der Waals surface area contributed by atoms with Crippen LogP contribution in [0.15, 0.2) is 24.3 Å². The molecule has 2 amide bonds. The van der Waals surface area contributed by atoms with Crippen molar-refractivity contribution in [1.29, 1.82) is 0 Å². The fourth-order valence-corrected chi connectivity index (χ4v) is 3.36. The third-order valence-electron chi connectivity index (χ3n) is 4.33. The number of hydrogen-bond donors (Lipinski definition) is 2. The van der Waals surface area contributed by atoms with E-state index in [0.717, 1.165) is 31.2 Å². The van der Waals surface area contributed by atoms with E-state index in [1.165, 1.54) is 17.0 Å². The van der Waals surface area contributed by atoms with Gasteiger partial charge in [0.1, 0.15) is 5.82 Å². The van der Waals surface area contributed by atoms with Gasteiger partial charge >= 0.3 is 6.03 Å². The van der Waals surface area contributed by atoms with Crippen LogP contribution in [-0.4, -0.2) is 35.2 Å². The van der Waals surface area contributed by atoms with E-state index >= 15 is 0 Å². The lowest BCUT2D eigenvalue weighted by atomic mass is 9.91. The minimum atomic E-state index is -0.951. The number of aliphatic hydroxyl groups is 1. The molecule has 1 saturated carbocycles. The summed E-state index contributed by atoms with van der Waals surface area (Å²) in [6.45, 7) is 3.56. The molecule has 1 aromatic rings. The number of benzene rings is 1. The average Bonchev–Trinajstić information content (AvgIpc) is 2.96. The maximum atomic E-state index is 13.6. The summed E-state index contributed by atoms with van der Waals surface area (Å²) in [5.74, 6) is 0.0425. The van der Waals surface area contributed by atoms with Crippen LogP contribution in [0.5, 0.6) is 0 Å². The van der Waals surface area contributed by atoms with Crippen molar-refractivity contribution >= 4 is 6.03 Å². The zero-order chi connectivity index (χ0) is 17.0. The largest absolute Gasteiger partial charge is 0.389 e. The molecule has 0 bridgehead atoms. The molecule has 1 unspecified atom stereocenters. The van der Waals surface area contributed by atoms with Crippen molar-refractivity contribution in [1.82, 2.24) is 10.2 Å². The van der Waals surface area contributed by atoms with Gasteiger partial charge < -0.3 is 15.3 Å². The lowest BCUT2D eigenvalue weighted by Gasteiger charge is -2.30. The maximum absolute atomic E-state index is 13.6. The summed E-state index contributed by atoms with van der Waals surface area (Å²) < 4.78 is 13.6. The van der Waals surface area contributed by atoms with Crippen LogP contribution in [0.3, 0.4) is 0 Å². The Balaban J connectivity index is 2.13. The fraction of sp³-hybridized carbons (Fsp3) is 0.611. The highest BCUT2D eigenvalue weighted by atomic mass is 19.1. The topological polar surface area (TPSA) is 52.6 Å². The van der Waals surface area contributed by atoms with Gasteiger partial charge in [-0.05, 0) is 50.3 Å². The van der Waals surface area contributed by atoms with Crippen molar-refractivity contribution in [3.05, 3.63) is 35.6 Å². The molecule has 0 aromatic heterocycles. The van der Waals surface area contributed by atoms with Crippen molar-refractivity contribution in [2.24, 2.45) is 5.92 Å². The Bertz CT molecular complexity index is 536. The highest BCUT2D eigenvalue weighted by Crippen LogP contribution is 2.36. The number of nitrogens with zero attached hydrogens (tertiary/aromatic N) is 1. The van der Waals surface area contributed by atoms with Gasteiger partial charge in [0, 0.05) is 7.05 Å². The zero-order valence-electron chi connectivity index (χ0n) is 14.2. The summed E-state index contributed by atoms with van der Waals surface area (Å²) in [6.07, 6.45) is 4.37. The normalized spacial score (nSPS) is 17.1. The average molecular weight is 322 g/mol. The van der Waals surface area contributed by atoms with Gasteiger partial charge in [0.05, 0.1) is 18.2 Å². The van der Waals surface area contributed by atoms with E-state index in [4.69, 9.17) is 0 Å². The molecule has 128 valence electrons. The molecule has 1 aliphatic rings. The molecular formula is C18H27FN2O2. The fourth-order valence-electron chi connectivity index (χ4n) is 3.36. The van der Waals surface area contributed by atoms with E-state index < -0.39 is 5.60 Å². The first-order chi connectivity index (χ1) is 10.8. The van der Waals surface area contributed by atoms with Crippen molar-refractivity contribution < 1.29 is 14.3 Å². The van der Waals surface area contributed by atoms with Crippen LogP contribution in [-0.2, 0) is 0 Å². The minimum Gasteiger partial charge on any atom is -0.389 e. The molecule has 0 aliphatic heterocycles. The van der Waals surface area contributed by atoms with Gasteiger partial charge in [0.25, 0.3) is 0 Å². The molecule has 5 heteroatoms. The quantitative estimate of drug-likeness (QED) is 0.872. The number of nitrogens with one attached hydrogen (secondary N) is 1. The second-order valence-corrected chi connectivity index (χ2v) is 7.20. The molecule has 2 rings (SSSR count). The molecule has 4 nitrogen and oxygen atoms in total. The summed E-state index contributed by atoms with van der Waals surface area (Å²) >= 11 is 0. The SMILES string of the molecule is CN(CC(C)(C)O)C(=O)NC(c1cccc(F)c1)C1CCCC1. The van der Waals surface area contributed by atoms with Gasteiger partial charge in [-0.2, -0.15) is 0 Å². The van der Waals surface area contributed by atoms with Crippen LogP contribution in [0.1, 0.15) is 51.1 Å². The molecule has 1 aliphatic carbocycles. The molecule has 1 fully saturated rings. The monoisotopic (exact) mass is 322 g/mol. The highest BCUT2D eigenvalue weighted by Gasteiger charge is 2.29. The van der Waals surface area contributed by atoms with E-state index in [1.54, 1.807) is 27.0 Å². The third kappa shape index (κ3) is 5.20. The molecule has 0 radical (unpaired) electrons. The third-order valence-corrected chi connectivity index (χ3v) is 4.33. The van der Waals surface area contributed by atoms with Gasteiger partial charge in [-0.1, -0.05) is 25.0 Å². The number of carbonyl (C=O) groups is 1. The molecule has 2 N–H and O–H groups in total. The first-order valence-corrected chi connectivity index (χ1v) is 8.26. The van der Waals surface area contributed by atoms with Crippen LogP contribution in [0.4, 0.5) is 9.18 Å². The Morgan fingerprint density at radius 1 is 1.43 bits per heavy atom. The predicted octanol–water partition coefficient (Wildman–Crippen LogP) is 3.47. The summed E-state index contributed by atoms with van der Waals surface area (Å²) in [5.41, 5.74) is -0.143. The summed E-state index contributed by atoms with van der Waals surface area (Å²) in [4.78, 5) is 13.9. The Labute approximate surface area is 137 Å². The second kappa shape index (κ2) is 7.30. The van der Waals surface area contributed by atoms with E-state index in [9.17, 15) is 14.3 Å². The van der Waals surface area contributed by atoms with Crippen molar-refractivity contribution in [2.75, 3.05) is 13.6 Å². The number of likely N-dealkylation sites (N-methyl/N-ethyl adjacent to an activating group) is 1. The van der Waals surface area contributed by atoms with Crippen LogP contribution >= 0.6 is 0 Å². The van der Waals surface area contributed by atoms with E-state index in [0.29, 0.717) is 5.92 Å². The summed E-state index contributed by atoms with van der Waals surface area (Å²) in [5, 5.41) is 12.9. The number of urea groups is 1. The lowest BCUT2D eigenvalue weighted by molar-refractivity contribution is 0.0524. The molecule has 1 aromatic carbocycles.